The van der Waals surface area contributed by atoms with Crippen molar-refractivity contribution in [1.82, 2.24) is 9.80 Å². The van der Waals surface area contributed by atoms with E-state index in [9.17, 15) is 4.79 Å². The largest absolute Gasteiger partial charge is 0.369 e. The summed E-state index contributed by atoms with van der Waals surface area (Å²) >= 11 is 6.14. The number of nitrogens with zero attached hydrogens (tertiary/aromatic N) is 3. The van der Waals surface area contributed by atoms with Crippen molar-refractivity contribution in [2.45, 2.75) is 18.9 Å². The van der Waals surface area contributed by atoms with E-state index in [1.807, 2.05) is 53.4 Å². The first-order valence-electron chi connectivity index (χ1n) is 10.3. The second-order valence-corrected chi connectivity index (χ2v) is 8.10. The number of anilines is 1. The number of halogens is 1. The van der Waals surface area contributed by atoms with Gasteiger partial charge in [-0.1, -0.05) is 41.8 Å². The van der Waals surface area contributed by atoms with Gasteiger partial charge in [-0.05, 0) is 43.2 Å². The highest BCUT2D eigenvalue weighted by Crippen LogP contribution is 2.23. The number of hydrogen-bond acceptors (Lipinski definition) is 3. The molecule has 0 spiro atoms. The monoisotopic (exact) mass is 407 g/mol. The van der Waals surface area contributed by atoms with Gasteiger partial charge in [-0.25, -0.2) is 0 Å². The summed E-state index contributed by atoms with van der Waals surface area (Å²) in [5, 5.41) is 0.781. The summed E-state index contributed by atoms with van der Waals surface area (Å²) in [5.41, 5.74) is 2.07. The Bertz CT molecular complexity index is 897. The molecule has 1 amide bonds. The maximum absolute atomic E-state index is 12.6. The molecular formula is C24H26ClN3O. The van der Waals surface area contributed by atoms with Crippen LogP contribution in [0, 0.1) is 11.8 Å². The first-order chi connectivity index (χ1) is 14.2. The Morgan fingerprint density at radius 3 is 2.52 bits per heavy atom. The maximum atomic E-state index is 12.6. The van der Waals surface area contributed by atoms with E-state index in [0.717, 1.165) is 62.7 Å². The van der Waals surface area contributed by atoms with Gasteiger partial charge in [-0.2, -0.15) is 0 Å². The molecule has 2 aromatic carbocycles. The molecule has 29 heavy (non-hydrogen) atoms. The molecule has 1 unspecified atom stereocenters. The van der Waals surface area contributed by atoms with E-state index in [1.54, 1.807) is 0 Å². The lowest BCUT2D eigenvalue weighted by atomic mass is 10.0. The van der Waals surface area contributed by atoms with Crippen LogP contribution in [-0.4, -0.2) is 61.0 Å². The number of carbonyl (C=O) groups excluding carboxylic acids is 1. The van der Waals surface area contributed by atoms with Crippen LogP contribution in [0.2, 0.25) is 5.02 Å². The number of carbonyl (C=O) groups is 1. The second-order valence-electron chi connectivity index (χ2n) is 7.67. The van der Waals surface area contributed by atoms with Crippen molar-refractivity contribution >= 4 is 23.2 Å². The molecule has 1 atom stereocenters. The summed E-state index contributed by atoms with van der Waals surface area (Å²) in [4.78, 5) is 19.4. The molecule has 0 aliphatic carbocycles. The maximum Gasteiger partial charge on any atom is 0.298 e. The van der Waals surface area contributed by atoms with Crippen LogP contribution in [0.25, 0.3) is 0 Å². The molecule has 5 heteroatoms. The summed E-state index contributed by atoms with van der Waals surface area (Å²) in [6.07, 6.45) is 2.19. The van der Waals surface area contributed by atoms with Gasteiger partial charge in [0.25, 0.3) is 5.91 Å². The van der Waals surface area contributed by atoms with Gasteiger partial charge in [0.05, 0.1) is 0 Å². The minimum absolute atomic E-state index is 0.0592. The van der Waals surface area contributed by atoms with E-state index < -0.39 is 0 Å². The Balaban J connectivity index is 1.32. The van der Waals surface area contributed by atoms with Crippen molar-refractivity contribution in [3.05, 3.63) is 65.2 Å². The van der Waals surface area contributed by atoms with Crippen LogP contribution in [0.5, 0.6) is 0 Å². The van der Waals surface area contributed by atoms with E-state index >= 15 is 0 Å². The number of rotatable bonds is 2. The van der Waals surface area contributed by atoms with Crippen molar-refractivity contribution in [2.24, 2.45) is 0 Å². The highest BCUT2D eigenvalue weighted by Gasteiger charge is 2.29. The molecule has 2 aromatic rings. The summed E-state index contributed by atoms with van der Waals surface area (Å²) in [5.74, 6) is 5.76. The fourth-order valence-electron chi connectivity index (χ4n) is 4.18. The molecule has 2 aliphatic heterocycles. The predicted molar refractivity (Wildman–Crippen MR) is 118 cm³/mol. The van der Waals surface area contributed by atoms with E-state index in [0.29, 0.717) is 6.04 Å². The van der Waals surface area contributed by atoms with Crippen molar-refractivity contribution in [3.63, 3.8) is 0 Å². The summed E-state index contributed by atoms with van der Waals surface area (Å²) in [6, 6.07) is 18.2. The molecule has 2 fully saturated rings. The molecule has 0 bridgehead atoms. The molecule has 4 rings (SSSR count). The third-order valence-electron chi connectivity index (χ3n) is 5.78. The van der Waals surface area contributed by atoms with E-state index in [4.69, 9.17) is 11.6 Å². The molecule has 0 aromatic heterocycles. The first-order valence-corrected chi connectivity index (χ1v) is 10.7. The lowest BCUT2D eigenvalue weighted by Gasteiger charge is -2.43. The Morgan fingerprint density at radius 1 is 0.966 bits per heavy atom. The molecule has 0 saturated carbocycles. The van der Waals surface area contributed by atoms with Crippen LogP contribution in [0.3, 0.4) is 0 Å². The van der Waals surface area contributed by atoms with Gasteiger partial charge >= 0.3 is 0 Å². The molecule has 150 valence electrons. The van der Waals surface area contributed by atoms with Crippen molar-refractivity contribution in [2.75, 3.05) is 44.2 Å². The van der Waals surface area contributed by atoms with E-state index in [-0.39, 0.29) is 5.91 Å². The predicted octanol–water partition coefficient (Wildman–Crippen LogP) is 3.50. The number of amides is 1. The molecule has 4 nitrogen and oxygen atoms in total. The topological polar surface area (TPSA) is 26.8 Å². The average Bonchev–Trinajstić information content (AvgIpc) is 2.78. The quantitative estimate of drug-likeness (QED) is 0.713. The number of likely N-dealkylation sites (tertiary alicyclic amines) is 1. The number of piperazine rings is 1. The van der Waals surface area contributed by atoms with Crippen LogP contribution >= 0.6 is 11.6 Å². The molecule has 2 heterocycles. The highest BCUT2D eigenvalue weighted by molar-refractivity contribution is 6.30. The molecule has 2 saturated heterocycles. The Labute approximate surface area is 178 Å². The van der Waals surface area contributed by atoms with Crippen LogP contribution < -0.4 is 4.90 Å². The van der Waals surface area contributed by atoms with Gasteiger partial charge in [0.15, 0.2) is 0 Å². The summed E-state index contributed by atoms with van der Waals surface area (Å²) < 4.78 is 0. The Morgan fingerprint density at radius 2 is 1.76 bits per heavy atom. The van der Waals surface area contributed by atoms with Gasteiger partial charge in [0.1, 0.15) is 0 Å². The zero-order valence-corrected chi connectivity index (χ0v) is 17.3. The lowest BCUT2D eigenvalue weighted by molar-refractivity contribution is -0.127. The van der Waals surface area contributed by atoms with Crippen LogP contribution in [-0.2, 0) is 4.79 Å². The van der Waals surface area contributed by atoms with Crippen molar-refractivity contribution < 1.29 is 4.79 Å². The first kappa shape index (κ1) is 19.8. The van der Waals surface area contributed by atoms with Gasteiger partial charge in [-0.15, -0.1) is 0 Å². The number of hydrogen-bond donors (Lipinski definition) is 0. The van der Waals surface area contributed by atoms with Crippen LogP contribution in [0.15, 0.2) is 54.6 Å². The smallest absolute Gasteiger partial charge is 0.298 e. The second kappa shape index (κ2) is 9.35. The minimum Gasteiger partial charge on any atom is -0.369 e. The average molecular weight is 408 g/mol. The fraction of sp³-hybridized carbons (Fsp3) is 0.375. The molecular weight excluding hydrogens is 382 g/mol. The highest BCUT2D eigenvalue weighted by atomic mass is 35.5. The fourth-order valence-corrected chi connectivity index (χ4v) is 4.37. The van der Waals surface area contributed by atoms with Crippen molar-refractivity contribution in [3.8, 4) is 11.8 Å². The molecule has 0 N–H and O–H groups in total. The van der Waals surface area contributed by atoms with Gasteiger partial charge in [0, 0.05) is 67.5 Å². The lowest BCUT2D eigenvalue weighted by Crippen LogP contribution is -2.55. The number of benzene rings is 2. The van der Waals surface area contributed by atoms with Gasteiger partial charge < -0.3 is 9.80 Å². The zero-order valence-electron chi connectivity index (χ0n) is 16.6. The van der Waals surface area contributed by atoms with E-state index in [1.165, 1.54) is 5.69 Å². The van der Waals surface area contributed by atoms with Crippen molar-refractivity contribution in [1.29, 1.82) is 0 Å². The molecule has 0 radical (unpaired) electrons. The van der Waals surface area contributed by atoms with Crippen LogP contribution in [0.1, 0.15) is 18.4 Å². The standard InChI is InChI=1S/C24H26ClN3O/c25-21-8-4-9-22(18-21)26-14-16-27(17-15-26)23-10-5-13-28(19-23)24(29)12-11-20-6-2-1-3-7-20/h1-4,6-9,18,23H,5,10,13-17,19H2. The third kappa shape index (κ3) is 5.12. The van der Waals surface area contributed by atoms with Crippen LogP contribution in [0.4, 0.5) is 5.69 Å². The van der Waals surface area contributed by atoms with Gasteiger partial charge in [-0.3, -0.25) is 9.69 Å². The summed E-state index contributed by atoms with van der Waals surface area (Å²) in [6.45, 7) is 5.57. The zero-order chi connectivity index (χ0) is 20.1. The van der Waals surface area contributed by atoms with E-state index in [2.05, 4.69) is 27.7 Å². The SMILES string of the molecule is O=C(C#Cc1ccccc1)N1CCCC(N2CCN(c3cccc(Cl)c3)CC2)C1. The normalized spacial score (nSPS) is 20.1. The number of piperidine rings is 1. The third-order valence-corrected chi connectivity index (χ3v) is 6.01. The minimum atomic E-state index is -0.0592. The summed E-state index contributed by atoms with van der Waals surface area (Å²) in [7, 11) is 0. The Hall–Kier alpha value is -2.48. The Kier molecular flexibility index (Phi) is 6.39. The van der Waals surface area contributed by atoms with Gasteiger partial charge in [0.2, 0.25) is 0 Å². The molecule has 2 aliphatic rings.